The molecule has 3 nitrogen and oxygen atoms in total. The zero-order valence-electron chi connectivity index (χ0n) is 8.43. The van der Waals surface area contributed by atoms with Crippen molar-refractivity contribution < 1.29 is 0 Å². The molecule has 1 atom stereocenters. The highest BCUT2D eigenvalue weighted by molar-refractivity contribution is 6.30. The predicted octanol–water partition coefficient (Wildman–Crippen LogP) is 1.81. The van der Waals surface area contributed by atoms with Crippen molar-refractivity contribution in [2.45, 2.75) is 6.17 Å². The molecule has 0 amide bonds. The number of rotatable bonds is 2. The van der Waals surface area contributed by atoms with Gasteiger partial charge in [0.2, 0.25) is 0 Å². The Balaban J connectivity index is 2.43. The number of nitrogens with two attached hydrogens (primary N) is 1. The van der Waals surface area contributed by atoms with Gasteiger partial charge in [0, 0.05) is 23.4 Å². The van der Waals surface area contributed by atoms with Gasteiger partial charge < -0.3 is 5.73 Å². The molecular weight excluding hydrogens is 224 g/mol. The monoisotopic (exact) mass is 233 g/mol. The fourth-order valence-electron chi connectivity index (χ4n) is 1.47. The molecule has 2 rings (SSSR count). The van der Waals surface area contributed by atoms with Crippen molar-refractivity contribution in [3.8, 4) is 0 Å². The van der Waals surface area contributed by atoms with Crippen LogP contribution in [0.3, 0.4) is 0 Å². The second-order valence-electron chi connectivity index (χ2n) is 3.36. The van der Waals surface area contributed by atoms with Crippen LogP contribution >= 0.6 is 11.6 Å². The van der Waals surface area contributed by atoms with Gasteiger partial charge in [0.25, 0.3) is 5.56 Å². The van der Waals surface area contributed by atoms with Crippen molar-refractivity contribution in [1.82, 2.24) is 4.57 Å². The molecule has 2 N–H and O–H groups in total. The summed E-state index contributed by atoms with van der Waals surface area (Å²) in [6, 6.07) is 12.9. The van der Waals surface area contributed by atoms with E-state index in [0.29, 0.717) is 5.02 Å². The summed E-state index contributed by atoms with van der Waals surface area (Å²) in [6.45, 7) is 0. The molecule has 4 heteroatoms. The topological polar surface area (TPSA) is 48.0 Å². The Morgan fingerprint density at radius 3 is 2.88 bits per heavy atom. The van der Waals surface area contributed by atoms with E-state index in [1.54, 1.807) is 36.5 Å². The fraction of sp³-hybridized carbons (Fsp3) is 0.0833. The van der Waals surface area contributed by atoms with E-state index in [4.69, 9.17) is 17.3 Å². The maximum Gasteiger partial charge on any atom is 0.252 e. The molecule has 2 aromatic rings. The Hall–Kier alpha value is -1.58. The summed E-state index contributed by atoms with van der Waals surface area (Å²) < 4.78 is 1.45. The van der Waals surface area contributed by atoms with E-state index in [9.17, 15) is 4.79 Å². The summed E-state index contributed by atoms with van der Waals surface area (Å²) in [7, 11) is 0. The summed E-state index contributed by atoms with van der Waals surface area (Å²) in [5.41, 5.74) is 6.61. The molecular formula is C12H10ClN2O. The van der Waals surface area contributed by atoms with Crippen molar-refractivity contribution in [2.24, 2.45) is 5.73 Å². The lowest BCUT2D eigenvalue weighted by Crippen LogP contribution is -2.29. The van der Waals surface area contributed by atoms with Gasteiger partial charge in [0.15, 0.2) is 0 Å². The van der Waals surface area contributed by atoms with Crippen LogP contribution < -0.4 is 11.3 Å². The number of aromatic nitrogens is 1. The Bertz CT molecular complexity index is 550. The van der Waals surface area contributed by atoms with Gasteiger partial charge in [0.05, 0.1) is 0 Å². The van der Waals surface area contributed by atoms with Crippen molar-refractivity contribution >= 4 is 11.6 Å². The number of benzene rings is 1. The Morgan fingerprint density at radius 1 is 1.38 bits per heavy atom. The maximum absolute atomic E-state index is 11.6. The van der Waals surface area contributed by atoms with Crippen molar-refractivity contribution in [2.75, 3.05) is 0 Å². The first-order valence-corrected chi connectivity index (χ1v) is 5.16. The van der Waals surface area contributed by atoms with Crippen LogP contribution in [0, 0.1) is 6.07 Å². The number of hydrogen-bond acceptors (Lipinski definition) is 2. The number of hydrogen-bond donors (Lipinski definition) is 1. The molecule has 0 aliphatic carbocycles. The molecule has 0 aliphatic rings. The zero-order valence-corrected chi connectivity index (χ0v) is 9.19. The lowest BCUT2D eigenvalue weighted by molar-refractivity contribution is 0.588. The van der Waals surface area contributed by atoms with Gasteiger partial charge in [-0.25, -0.2) is 0 Å². The third-order valence-corrected chi connectivity index (χ3v) is 2.50. The molecule has 16 heavy (non-hydrogen) atoms. The standard InChI is InChI=1S/C12H10ClN2O/c13-10-5-3-4-9(8-10)12(14)15-7-2-1-6-11(15)16/h1-4,6-8,12H,14H2. The Kier molecular flexibility index (Phi) is 3.08. The van der Waals surface area contributed by atoms with Crippen LogP contribution in [0.2, 0.25) is 5.02 Å². The van der Waals surface area contributed by atoms with E-state index in [-0.39, 0.29) is 5.56 Å². The number of halogens is 1. The van der Waals surface area contributed by atoms with Crippen LogP contribution in [0.1, 0.15) is 11.7 Å². The molecule has 0 bridgehead atoms. The van der Waals surface area contributed by atoms with Crippen molar-refractivity contribution in [1.29, 1.82) is 0 Å². The third-order valence-electron chi connectivity index (χ3n) is 2.28. The fourth-order valence-corrected chi connectivity index (χ4v) is 1.66. The molecule has 0 fully saturated rings. The average Bonchev–Trinajstić information content (AvgIpc) is 2.29. The first-order valence-electron chi connectivity index (χ1n) is 4.78. The van der Waals surface area contributed by atoms with E-state index >= 15 is 0 Å². The molecule has 81 valence electrons. The normalized spacial score (nSPS) is 12.4. The zero-order chi connectivity index (χ0) is 11.5. The molecule has 0 saturated carbocycles. The van der Waals surface area contributed by atoms with Crippen LogP contribution in [0.25, 0.3) is 0 Å². The van der Waals surface area contributed by atoms with E-state index in [1.165, 1.54) is 10.6 Å². The minimum Gasteiger partial charge on any atom is -0.307 e. The maximum atomic E-state index is 11.6. The SMILES string of the molecule is NC(c1cc[c]c(Cl)c1)n1ccccc1=O. The average molecular weight is 234 g/mol. The Labute approximate surface area is 98.1 Å². The van der Waals surface area contributed by atoms with E-state index in [2.05, 4.69) is 6.07 Å². The van der Waals surface area contributed by atoms with Gasteiger partial charge in [-0.05, 0) is 17.7 Å². The molecule has 1 heterocycles. The lowest BCUT2D eigenvalue weighted by atomic mass is 10.2. The first kappa shape index (κ1) is 10.9. The quantitative estimate of drug-likeness (QED) is 0.860. The first-order chi connectivity index (χ1) is 7.68. The number of nitrogens with zero attached hydrogens (tertiary/aromatic N) is 1. The summed E-state index contributed by atoms with van der Waals surface area (Å²) in [4.78, 5) is 11.6. The van der Waals surface area contributed by atoms with Crippen LogP contribution in [0.15, 0.2) is 47.4 Å². The molecule has 1 aromatic carbocycles. The van der Waals surface area contributed by atoms with Gasteiger partial charge >= 0.3 is 0 Å². The molecule has 0 aliphatic heterocycles. The minimum atomic E-state index is -0.527. The summed E-state index contributed by atoms with van der Waals surface area (Å²) in [5.74, 6) is 0. The molecule has 0 saturated heterocycles. The van der Waals surface area contributed by atoms with Crippen molar-refractivity contribution in [3.63, 3.8) is 0 Å². The molecule has 1 aromatic heterocycles. The van der Waals surface area contributed by atoms with Gasteiger partial charge in [-0.15, -0.1) is 0 Å². The molecule has 0 spiro atoms. The largest absolute Gasteiger partial charge is 0.307 e. The van der Waals surface area contributed by atoms with E-state index in [0.717, 1.165) is 5.56 Å². The second-order valence-corrected chi connectivity index (χ2v) is 3.77. The minimum absolute atomic E-state index is 0.140. The lowest BCUT2D eigenvalue weighted by Gasteiger charge is -2.15. The highest BCUT2D eigenvalue weighted by Crippen LogP contribution is 2.15. The molecule has 1 unspecified atom stereocenters. The van der Waals surface area contributed by atoms with Crippen LogP contribution in [0.4, 0.5) is 0 Å². The summed E-state index contributed by atoms with van der Waals surface area (Å²) >= 11 is 5.82. The van der Waals surface area contributed by atoms with Gasteiger partial charge in [-0.3, -0.25) is 9.36 Å². The van der Waals surface area contributed by atoms with Gasteiger partial charge in [-0.1, -0.05) is 29.8 Å². The number of pyridine rings is 1. The smallest absolute Gasteiger partial charge is 0.252 e. The second kappa shape index (κ2) is 4.51. The summed E-state index contributed by atoms with van der Waals surface area (Å²) in [5, 5.41) is 0.483. The van der Waals surface area contributed by atoms with Crippen LogP contribution in [-0.2, 0) is 0 Å². The highest BCUT2D eigenvalue weighted by Gasteiger charge is 2.08. The predicted molar refractivity (Wildman–Crippen MR) is 63.3 cm³/mol. The van der Waals surface area contributed by atoms with Crippen LogP contribution in [0.5, 0.6) is 0 Å². The van der Waals surface area contributed by atoms with Crippen molar-refractivity contribution in [3.05, 3.63) is 69.6 Å². The van der Waals surface area contributed by atoms with E-state index in [1.807, 2.05) is 0 Å². The van der Waals surface area contributed by atoms with E-state index < -0.39 is 6.17 Å². The van der Waals surface area contributed by atoms with Gasteiger partial charge in [-0.2, -0.15) is 0 Å². The van der Waals surface area contributed by atoms with Gasteiger partial charge in [0.1, 0.15) is 6.17 Å². The summed E-state index contributed by atoms with van der Waals surface area (Å²) in [6.07, 6.45) is 1.12. The van der Waals surface area contributed by atoms with Crippen LogP contribution in [-0.4, -0.2) is 4.57 Å². The third kappa shape index (κ3) is 2.15. The highest BCUT2D eigenvalue weighted by atomic mass is 35.5. The Morgan fingerprint density at radius 2 is 2.19 bits per heavy atom. The molecule has 1 radical (unpaired) electrons.